The summed E-state index contributed by atoms with van der Waals surface area (Å²) in [5.74, 6) is 1.50. The Balaban J connectivity index is 1.82. The van der Waals surface area contributed by atoms with E-state index in [9.17, 15) is 9.90 Å². The van der Waals surface area contributed by atoms with E-state index in [4.69, 9.17) is 0 Å². The number of nitrogens with zero attached hydrogens (tertiary/aromatic N) is 1. The topological polar surface area (TPSA) is 62.2 Å². The number of carbonyl (C=O) groups excluding carboxylic acids is 1. The van der Waals surface area contributed by atoms with Gasteiger partial charge in [0.25, 0.3) is 5.91 Å². The van der Waals surface area contributed by atoms with E-state index in [0.29, 0.717) is 19.4 Å². The summed E-state index contributed by atoms with van der Waals surface area (Å²) < 4.78 is 0. The number of nitrogens with one attached hydrogen (secondary N) is 1. The Hall–Kier alpha value is -0.590. The van der Waals surface area contributed by atoms with Crippen LogP contribution in [0.4, 0.5) is 0 Å². The highest BCUT2D eigenvalue weighted by molar-refractivity contribution is 7.99. The molecule has 2 heterocycles. The van der Waals surface area contributed by atoms with Crippen LogP contribution in [0.5, 0.6) is 0 Å². The van der Waals surface area contributed by atoms with Gasteiger partial charge in [-0.2, -0.15) is 11.8 Å². The number of rotatable bonds is 4. The molecule has 0 aliphatic carbocycles. The fraction of sp³-hybridized carbons (Fsp3) is 0.692. The summed E-state index contributed by atoms with van der Waals surface area (Å²) in [4.78, 5) is 17.6. The number of carbonyl (C=O) groups is 1. The third-order valence-electron chi connectivity index (χ3n) is 3.38. The van der Waals surface area contributed by atoms with Crippen LogP contribution in [0.1, 0.15) is 28.4 Å². The standard InChI is InChI=1S/C13H20N2O2S2/c1-9-11(19-10(2)15-9)3-6-14-12(16)13(17)4-7-18-8-5-13/h17H,3-8H2,1-2H3,(H,14,16). The molecular formula is C13H20N2O2S2. The maximum atomic E-state index is 12.0. The first-order valence-corrected chi connectivity index (χ1v) is 8.50. The highest BCUT2D eigenvalue weighted by Gasteiger charge is 2.36. The van der Waals surface area contributed by atoms with Crippen LogP contribution in [0.25, 0.3) is 0 Å². The fourth-order valence-corrected chi connectivity index (χ4v) is 4.30. The lowest BCUT2D eigenvalue weighted by atomic mass is 9.96. The van der Waals surface area contributed by atoms with Crippen molar-refractivity contribution in [3.63, 3.8) is 0 Å². The van der Waals surface area contributed by atoms with Gasteiger partial charge in [-0.3, -0.25) is 4.79 Å². The molecule has 0 atom stereocenters. The SMILES string of the molecule is Cc1nc(C)c(CCNC(=O)C2(O)CCSCC2)s1. The molecule has 4 nitrogen and oxygen atoms in total. The van der Waals surface area contributed by atoms with Crippen LogP contribution in [0, 0.1) is 13.8 Å². The largest absolute Gasteiger partial charge is 0.380 e. The molecule has 0 spiro atoms. The van der Waals surface area contributed by atoms with Gasteiger partial charge in [0.2, 0.25) is 0 Å². The first kappa shape index (κ1) is 14.8. The van der Waals surface area contributed by atoms with Crippen molar-refractivity contribution >= 4 is 29.0 Å². The average molecular weight is 300 g/mol. The molecule has 1 aromatic rings. The second-order valence-corrected chi connectivity index (χ2v) is 7.40. The van der Waals surface area contributed by atoms with Crippen molar-refractivity contribution in [1.29, 1.82) is 0 Å². The molecule has 0 saturated carbocycles. The average Bonchev–Trinajstić information content (AvgIpc) is 2.69. The van der Waals surface area contributed by atoms with E-state index in [1.54, 1.807) is 23.1 Å². The number of hydrogen-bond acceptors (Lipinski definition) is 5. The van der Waals surface area contributed by atoms with Gasteiger partial charge in [-0.1, -0.05) is 0 Å². The molecule has 0 bridgehead atoms. The zero-order chi connectivity index (χ0) is 13.9. The molecule has 19 heavy (non-hydrogen) atoms. The first-order valence-electron chi connectivity index (χ1n) is 6.52. The summed E-state index contributed by atoms with van der Waals surface area (Å²) in [6, 6.07) is 0. The monoisotopic (exact) mass is 300 g/mol. The van der Waals surface area contributed by atoms with Gasteiger partial charge in [0.05, 0.1) is 10.7 Å². The van der Waals surface area contributed by atoms with Crippen molar-refractivity contribution in [2.45, 2.75) is 38.7 Å². The molecule has 2 rings (SSSR count). The van der Waals surface area contributed by atoms with E-state index in [0.717, 1.165) is 28.6 Å². The van der Waals surface area contributed by atoms with Crippen molar-refractivity contribution in [3.05, 3.63) is 15.6 Å². The molecule has 6 heteroatoms. The van der Waals surface area contributed by atoms with E-state index in [1.807, 2.05) is 13.8 Å². The molecule has 0 radical (unpaired) electrons. The molecule has 1 aliphatic rings. The minimum absolute atomic E-state index is 0.216. The first-order chi connectivity index (χ1) is 9.01. The lowest BCUT2D eigenvalue weighted by Gasteiger charge is -2.30. The lowest BCUT2D eigenvalue weighted by Crippen LogP contribution is -2.49. The molecule has 1 fully saturated rings. The number of aromatic nitrogens is 1. The molecule has 106 valence electrons. The Bertz CT molecular complexity index is 453. The Morgan fingerprint density at radius 2 is 2.11 bits per heavy atom. The number of thiazole rings is 1. The lowest BCUT2D eigenvalue weighted by molar-refractivity contribution is -0.140. The molecule has 1 saturated heterocycles. The number of aliphatic hydroxyl groups is 1. The normalized spacial score (nSPS) is 18.3. The Kier molecular flexibility index (Phi) is 4.86. The van der Waals surface area contributed by atoms with Crippen LogP contribution in [0.15, 0.2) is 0 Å². The maximum absolute atomic E-state index is 12.0. The van der Waals surface area contributed by atoms with Gasteiger partial charge >= 0.3 is 0 Å². The minimum atomic E-state index is -1.15. The van der Waals surface area contributed by atoms with Gasteiger partial charge in [0.15, 0.2) is 0 Å². The van der Waals surface area contributed by atoms with Crippen LogP contribution in [0.3, 0.4) is 0 Å². The van der Waals surface area contributed by atoms with E-state index in [2.05, 4.69) is 10.3 Å². The van der Waals surface area contributed by atoms with Crippen molar-refractivity contribution in [2.24, 2.45) is 0 Å². The summed E-state index contributed by atoms with van der Waals surface area (Å²) >= 11 is 3.47. The minimum Gasteiger partial charge on any atom is -0.380 e. The summed E-state index contributed by atoms with van der Waals surface area (Å²) in [7, 11) is 0. The number of aryl methyl sites for hydroxylation is 2. The van der Waals surface area contributed by atoms with Crippen molar-refractivity contribution < 1.29 is 9.90 Å². The molecule has 1 aliphatic heterocycles. The number of hydrogen-bond donors (Lipinski definition) is 2. The highest BCUT2D eigenvalue weighted by Crippen LogP contribution is 2.27. The van der Waals surface area contributed by atoms with Crippen LogP contribution in [0.2, 0.25) is 0 Å². The van der Waals surface area contributed by atoms with Crippen molar-refractivity contribution in [3.8, 4) is 0 Å². The Morgan fingerprint density at radius 1 is 1.42 bits per heavy atom. The van der Waals surface area contributed by atoms with Gasteiger partial charge in [-0.05, 0) is 38.2 Å². The zero-order valence-electron chi connectivity index (χ0n) is 11.4. The van der Waals surface area contributed by atoms with Crippen LogP contribution < -0.4 is 5.32 Å². The summed E-state index contributed by atoms with van der Waals surface area (Å²) in [5, 5.41) is 14.2. The third kappa shape index (κ3) is 3.70. The molecule has 0 aromatic carbocycles. The fourth-order valence-electron chi connectivity index (χ4n) is 2.20. The molecule has 1 aromatic heterocycles. The van der Waals surface area contributed by atoms with Crippen molar-refractivity contribution in [1.82, 2.24) is 10.3 Å². The van der Waals surface area contributed by atoms with E-state index in [-0.39, 0.29) is 5.91 Å². The summed E-state index contributed by atoms with van der Waals surface area (Å²) in [5.41, 5.74) is -0.103. The highest BCUT2D eigenvalue weighted by atomic mass is 32.2. The molecular weight excluding hydrogens is 280 g/mol. The smallest absolute Gasteiger partial charge is 0.252 e. The third-order valence-corrected chi connectivity index (χ3v) is 5.50. The summed E-state index contributed by atoms with van der Waals surface area (Å²) in [6.45, 7) is 4.55. The maximum Gasteiger partial charge on any atom is 0.252 e. The Labute approximate surface area is 122 Å². The summed E-state index contributed by atoms with van der Waals surface area (Å²) in [6.07, 6.45) is 1.90. The van der Waals surface area contributed by atoms with Crippen LogP contribution >= 0.6 is 23.1 Å². The second kappa shape index (κ2) is 6.24. The van der Waals surface area contributed by atoms with E-state index < -0.39 is 5.60 Å². The quantitative estimate of drug-likeness (QED) is 0.888. The number of amides is 1. The van der Waals surface area contributed by atoms with Gasteiger partial charge in [0, 0.05) is 17.8 Å². The van der Waals surface area contributed by atoms with Gasteiger partial charge < -0.3 is 10.4 Å². The van der Waals surface area contributed by atoms with Crippen molar-refractivity contribution in [2.75, 3.05) is 18.1 Å². The molecule has 1 amide bonds. The Morgan fingerprint density at radius 3 is 2.68 bits per heavy atom. The predicted octanol–water partition coefficient (Wildman–Crippen LogP) is 1.68. The van der Waals surface area contributed by atoms with Gasteiger partial charge in [-0.25, -0.2) is 4.98 Å². The number of thioether (sulfide) groups is 1. The van der Waals surface area contributed by atoms with E-state index in [1.165, 1.54) is 4.88 Å². The predicted molar refractivity (Wildman–Crippen MR) is 79.8 cm³/mol. The second-order valence-electron chi connectivity index (χ2n) is 4.89. The zero-order valence-corrected chi connectivity index (χ0v) is 13.0. The molecule has 0 unspecified atom stereocenters. The van der Waals surface area contributed by atoms with Gasteiger partial charge in [0.1, 0.15) is 5.60 Å². The molecule has 2 N–H and O–H groups in total. The van der Waals surface area contributed by atoms with Gasteiger partial charge in [-0.15, -0.1) is 11.3 Å². The van der Waals surface area contributed by atoms with E-state index >= 15 is 0 Å². The van der Waals surface area contributed by atoms with Crippen LogP contribution in [-0.4, -0.2) is 39.6 Å². The van der Waals surface area contributed by atoms with Crippen LogP contribution in [-0.2, 0) is 11.2 Å².